The van der Waals surface area contributed by atoms with Crippen LogP contribution in [0.15, 0.2) is 48.5 Å². The molecule has 1 heterocycles. The Morgan fingerprint density at radius 1 is 0.947 bits per heavy atom. The van der Waals surface area contributed by atoms with Gasteiger partial charge in [-0.2, -0.15) is 12.6 Å². The van der Waals surface area contributed by atoms with E-state index in [2.05, 4.69) is 29.7 Å². The third-order valence-electron chi connectivity index (χ3n) is 3.08. The van der Waals surface area contributed by atoms with Crippen molar-refractivity contribution in [1.29, 1.82) is 0 Å². The second-order valence-electron chi connectivity index (χ2n) is 4.23. The Morgan fingerprint density at radius 2 is 1.53 bits per heavy atom. The van der Waals surface area contributed by atoms with Crippen LogP contribution >= 0.6 is 12.6 Å². The van der Waals surface area contributed by atoms with Crippen molar-refractivity contribution in [3.63, 3.8) is 0 Å². The predicted molar refractivity (Wildman–Crippen MR) is 79.8 cm³/mol. The maximum atomic E-state index is 5.92. The smallest absolute Gasteiger partial charge is 0.151 e. The van der Waals surface area contributed by atoms with Crippen LogP contribution in [0.1, 0.15) is 0 Å². The molecule has 3 nitrogen and oxygen atoms in total. The van der Waals surface area contributed by atoms with Gasteiger partial charge >= 0.3 is 0 Å². The van der Waals surface area contributed by atoms with Crippen LogP contribution in [0, 0.1) is 0 Å². The van der Waals surface area contributed by atoms with Crippen LogP contribution in [-0.2, 0) is 4.74 Å². The van der Waals surface area contributed by atoms with E-state index in [1.165, 1.54) is 0 Å². The van der Waals surface area contributed by atoms with E-state index in [0.717, 1.165) is 29.4 Å². The van der Waals surface area contributed by atoms with E-state index in [4.69, 9.17) is 9.47 Å². The number of thiol groups is 1. The van der Waals surface area contributed by atoms with Crippen molar-refractivity contribution in [2.24, 2.45) is 0 Å². The number of fused-ring (bicyclic) bond motifs is 2. The Balaban J connectivity index is 1.96. The number of ether oxygens (including phenoxy) is 2. The fourth-order valence-corrected chi connectivity index (χ4v) is 2.37. The molecule has 0 atom stereocenters. The van der Waals surface area contributed by atoms with Crippen LogP contribution in [-0.4, -0.2) is 19.1 Å². The molecule has 0 unspecified atom stereocenters. The summed E-state index contributed by atoms with van der Waals surface area (Å²) in [5.41, 5.74) is 2.15. The molecule has 0 fully saturated rings. The summed E-state index contributed by atoms with van der Waals surface area (Å²) in [7, 11) is 0. The van der Waals surface area contributed by atoms with Crippen LogP contribution in [0.5, 0.6) is 11.5 Å². The maximum Gasteiger partial charge on any atom is 0.151 e. The molecule has 1 aliphatic rings. The highest BCUT2D eigenvalue weighted by Crippen LogP contribution is 2.45. The van der Waals surface area contributed by atoms with Crippen molar-refractivity contribution < 1.29 is 9.47 Å². The number of hydrogen-bond acceptors (Lipinski definition) is 4. The Labute approximate surface area is 118 Å². The minimum atomic E-state index is 0.438. The Kier molecular flexibility index (Phi) is 3.62. The second-order valence-corrected chi connectivity index (χ2v) is 4.48. The summed E-state index contributed by atoms with van der Waals surface area (Å²) < 4.78 is 11.3. The number of rotatable bonds is 4. The molecule has 98 valence electrons. The first-order valence-corrected chi connectivity index (χ1v) is 6.85. The largest absolute Gasteiger partial charge is 0.453 e. The van der Waals surface area contributed by atoms with Crippen molar-refractivity contribution in [3.05, 3.63) is 48.5 Å². The third kappa shape index (κ3) is 2.41. The molecule has 3 rings (SSSR count). The van der Waals surface area contributed by atoms with Gasteiger partial charge in [0, 0.05) is 6.54 Å². The van der Waals surface area contributed by atoms with E-state index in [1.807, 2.05) is 36.4 Å². The van der Waals surface area contributed by atoms with Gasteiger partial charge in [0.2, 0.25) is 0 Å². The minimum absolute atomic E-state index is 0.438. The van der Waals surface area contributed by atoms with E-state index in [0.29, 0.717) is 12.5 Å². The molecule has 0 saturated heterocycles. The first-order valence-electron chi connectivity index (χ1n) is 6.22. The third-order valence-corrected chi connectivity index (χ3v) is 3.27. The Morgan fingerprint density at radius 3 is 2.11 bits per heavy atom. The zero-order chi connectivity index (χ0) is 13.1. The van der Waals surface area contributed by atoms with Crippen LogP contribution in [0.25, 0.3) is 0 Å². The average Bonchev–Trinajstić information content (AvgIpc) is 2.46. The quantitative estimate of drug-likeness (QED) is 0.520. The number of nitrogens with zero attached hydrogens (tertiary/aromatic N) is 1. The topological polar surface area (TPSA) is 21.7 Å². The molecule has 0 N–H and O–H groups in total. The first-order chi connectivity index (χ1) is 9.40. The Bertz CT molecular complexity index is 528. The lowest BCUT2D eigenvalue weighted by atomic mass is 10.1. The number of hydrogen-bond donors (Lipinski definition) is 1. The van der Waals surface area contributed by atoms with Crippen LogP contribution in [0.4, 0.5) is 11.4 Å². The summed E-state index contributed by atoms with van der Waals surface area (Å²) in [5, 5.41) is 0. The monoisotopic (exact) mass is 273 g/mol. The number of para-hydroxylation sites is 4. The van der Waals surface area contributed by atoms with Crippen molar-refractivity contribution in [2.75, 3.05) is 24.0 Å². The molecule has 0 bridgehead atoms. The highest BCUT2D eigenvalue weighted by atomic mass is 32.1. The standard InChI is InChI=1S/C15H15NO2S/c19-11-17-10-9-16-12-5-1-3-7-14(12)18-15-8-4-2-6-13(15)16/h1-8,19H,9-11H2. The summed E-state index contributed by atoms with van der Waals surface area (Å²) in [6, 6.07) is 16.1. The molecule has 0 amide bonds. The Hall–Kier alpha value is -1.65. The number of benzene rings is 2. The molecule has 19 heavy (non-hydrogen) atoms. The van der Waals surface area contributed by atoms with Gasteiger partial charge in [0.1, 0.15) is 0 Å². The molecule has 2 aromatic rings. The van der Waals surface area contributed by atoms with Crippen molar-refractivity contribution in [1.82, 2.24) is 0 Å². The van der Waals surface area contributed by atoms with E-state index >= 15 is 0 Å². The molecule has 0 aromatic heterocycles. The second kappa shape index (κ2) is 5.55. The van der Waals surface area contributed by atoms with Gasteiger partial charge in [-0.05, 0) is 24.3 Å². The van der Waals surface area contributed by atoms with Crippen LogP contribution in [0.2, 0.25) is 0 Å². The van der Waals surface area contributed by atoms with E-state index in [1.54, 1.807) is 0 Å². The predicted octanol–water partition coefficient (Wildman–Crippen LogP) is 3.83. The van der Waals surface area contributed by atoms with Gasteiger partial charge in [-0.15, -0.1) is 0 Å². The summed E-state index contributed by atoms with van der Waals surface area (Å²) in [6.07, 6.45) is 0. The minimum Gasteiger partial charge on any atom is -0.453 e. The first kappa shape index (κ1) is 12.4. The lowest BCUT2D eigenvalue weighted by molar-refractivity contribution is 0.192. The fraction of sp³-hybridized carbons (Fsp3) is 0.200. The average molecular weight is 273 g/mol. The van der Waals surface area contributed by atoms with Crippen molar-refractivity contribution in [3.8, 4) is 11.5 Å². The zero-order valence-electron chi connectivity index (χ0n) is 10.5. The molecule has 0 aliphatic carbocycles. The maximum absolute atomic E-state index is 5.92. The molecular formula is C15H15NO2S. The highest BCUT2D eigenvalue weighted by Gasteiger charge is 2.23. The molecule has 2 aromatic carbocycles. The molecule has 0 saturated carbocycles. The summed E-state index contributed by atoms with van der Waals surface area (Å²) in [5.74, 6) is 2.20. The molecule has 0 radical (unpaired) electrons. The lowest BCUT2D eigenvalue weighted by Gasteiger charge is -2.32. The molecule has 0 spiro atoms. The van der Waals surface area contributed by atoms with Gasteiger partial charge in [-0.3, -0.25) is 0 Å². The highest BCUT2D eigenvalue weighted by molar-refractivity contribution is 7.80. The van der Waals surface area contributed by atoms with Crippen LogP contribution < -0.4 is 9.64 Å². The van der Waals surface area contributed by atoms with Crippen molar-refractivity contribution >= 4 is 24.0 Å². The van der Waals surface area contributed by atoms with Crippen molar-refractivity contribution in [2.45, 2.75) is 0 Å². The van der Waals surface area contributed by atoms with Gasteiger partial charge in [0.25, 0.3) is 0 Å². The van der Waals surface area contributed by atoms with Gasteiger partial charge in [-0.25, -0.2) is 0 Å². The molecular weight excluding hydrogens is 258 g/mol. The normalized spacial score (nSPS) is 12.6. The van der Waals surface area contributed by atoms with E-state index in [-0.39, 0.29) is 0 Å². The zero-order valence-corrected chi connectivity index (χ0v) is 11.3. The lowest BCUT2D eigenvalue weighted by Crippen LogP contribution is -2.25. The fourth-order valence-electron chi connectivity index (χ4n) is 2.24. The van der Waals surface area contributed by atoms with Gasteiger partial charge < -0.3 is 14.4 Å². The summed E-state index contributed by atoms with van der Waals surface area (Å²) >= 11 is 4.06. The molecule has 4 heteroatoms. The SMILES string of the molecule is SCOCCN1c2ccccc2Oc2ccccc21. The summed E-state index contributed by atoms with van der Waals surface area (Å²) in [6.45, 7) is 1.41. The van der Waals surface area contributed by atoms with Gasteiger partial charge in [0.15, 0.2) is 11.5 Å². The van der Waals surface area contributed by atoms with E-state index in [9.17, 15) is 0 Å². The summed E-state index contributed by atoms with van der Waals surface area (Å²) in [4.78, 5) is 2.22. The molecule has 1 aliphatic heterocycles. The van der Waals surface area contributed by atoms with E-state index < -0.39 is 0 Å². The number of anilines is 2. The van der Waals surface area contributed by atoms with Gasteiger partial charge in [0.05, 0.1) is 23.9 Å². The van der Waals surface area contributed by atoms with Crippen LogP contribution in [0.3, 0.4) is 0 Å². The van der Waals surface area contributed by atoms with Gasteiger partial charge in [-0.1, -0.05) is 24.3 Å².